The third kappa shape index (κ3) is 6.50. The van der Waals surface area contributed by atoms with Crippen molar-refractivity contribution >= 4 is 28.8 Å². The molecular formula is C26H28FN3O3S. The minimum atomic E-state index is -0.279. The van der Waals surface area contributed by atoms with Crippen molar-refractivity contribution in [1.82, 2.24) is 10.2 Å². The molecule has 4 rings (SSSR count). The van der Waals surface area contributed by atoms with Crippen LogP contribution in [0, 0.1) is 5.82 Å². The number of carbonyl (C=O) groups is 2. The lowest BCUT2D eigenvalue weighted by atomic mass is 10.1. The van der Waals surface area contributed by atoms with Gasteiger partial charge in [-0.1, -0.05) is 30.3 Å². The molecule has 1 aliphatic rings. The highest BCUT2D eigenvalue weighted by Crippen LogP contribution is 2.21. The van der Waals surface area contributed by atoms with Crippen LogP contribution < -0.4 is 10.6 Å². The van der Waals surface area contributed by atoms with E-state index in [2.05, 4.69) is 15.5 Å². The topological polar surface area (TPSA) is 70.7 Å². The van der Waals surface area contributed by atoms with Gasteiger partial charge in [0.2, 0.25) is 0 Å². The van der Waals surface area contributed by atoms with E-state index in [0.717, 1.165) is 38.4 Å². The van der Waals surface area contributed by atoms with E-state index in [1.165, 1.54) is 17.4 Å². The van der Waals surface area contributed by atoms with Crippen LogP contribution in [0.2, 0.25) is 0 Å². The smallest absolute Gasteiger partial charge is 0.261 e. The van der Waals surface area contributed by atoms with Gasteiger partial charge in [0, 0.05) is 36.6 Å². The second kappa shape index (κ2) is 11.4. The molecule has 34 heavy (non-hydrogen) atoms. The van der Waals surface area contributed by atoms with E-state index in [-0.39, 0.29) is 23.7 Å². The van der Waals surface area contributed by atoms with Gasteiger partial charge in [0.25, 0.3) is 11.8 Å². The molecular weight excluding hydrogens is 453 g/mol. The van der Waals surface area contributed by atoms with Crippen LogP contribution in [-0.4, -0.2) is 49.1 Å². The molecule has 2 aromatic carbocycles. The SMILES string of the molecule is CC(Cc1ccccc1F)NC(=O)c1cc(NC(=O)c2ccc(CN3CCOCC3)cc2)cs1. The molecule has 0 spiro atoms. The summed E-state index contributed by atoms with van der Waals surface area (Å²) in [5.41, 5.74) is 2.84. The van der Waals surface area contributed by atoms with Gasteiger partial charge >= 0.3 is 0 Å². The molecule has 178 valence electrons. The first kappa shape index (κ1) is 24.1. The van der Waals surface area contributed by atoms with E-state index >= 15 is 0 Å². The Morgan fingerprint density at radius 3 is 2.56 bits per heavy atom. The Morgan fingerprint density at radius 1 is 1.09 bits per heavy atom. The lowest BCUT2D eigenvalue weighted by Crippen LogP contribution is -2.35. The van der Waals surface area contributed by atoms with Crippen molar-refractivity contribution in [2.75, 3.05) is 31.6 Å². The molecule has 1 saturated heterocycles. The maximum absolute atomic E-state index is 13.8. The minimum absolute atomic E-state index is 0.226. The molecule has 2 amide bonds. The molecule has 1 aliphatic heterocycles. The maximum atomic E-state index is 13.8. The first-order valence-electron chi connectivity index (χ1n) is 11.3. The largest absolute Gasteiger partial charge is 0.379 e. The number of carbonyl (C=O) groups excluding carboxylic acids is 2. The van der Waals surface area contributed by atoms with Gasteiger partial charge in [0.05, 0.1) is 23.8 Å². The van der Waals surface area contributed by atoms with Crippen LogP contribution >= 0.6 is 11.3 Å². The molecule has 2 heterocycles. The summed E-state index contributed by atoms with van der Waals surface area (Å²) in [4.78, 5) is 28.0. The van der Waals surface area contributed by atoms with Gasteiger partial charge in [-0.05, 0) is 48.7 Å². The third-order valence-corrected chi connectivity index (χ3v) is 6.60. The number of anilines is 1. The Labute approximate surface area is 202 Å². The average Bonchev–Trinajstić information content (AvgIpc) is 3.30. The predicted molar refractivity (Wildman–Crippen MR) is 132 cm³/mol. The quantitative estimate of drug-likeness (QED) is 0.502. The highest BCUT2D eigenvalue weighted by molar-refractivity contribution is 7.12. The molecule has 8 heteroatoms. The molecule has 1 aromatic heterocycles. The standard InChI is InChI=1S/C26H28FN3O3S/c1-18(14-21-4-2-3-5-23(21)27)28-26(32)24-15-22(17-34-24)29-25(31)20-8-6-19(7-9-20)16-30-10-12-33-13-11-30/h2-9,15,17-18H,10-14,16H2,1H3,(H,28,32)(H,29,31). The van der Waals surface area contributed by atoms with Crippen molar-refractivity contribution < 1.29 is 18.7 Å². The van der Waals surface area contributed by atoms with Crippen LogP contribution in [0.3, 0.4) is 0 Å². The normalized spacial score (nSPS) is 15.0. The summed E-state index contributed by atoms with van der Waals surface area (Å²) in [6.45, 7) is 6.01. The summed E-state index contributed by atoms with van der Waals surface area (Å²) in [7, 11) is 0. The van der Waals surface area contributed by atoms with Crippen LogP contribution in [0.1, 0.15) is 38.1 Å². The lowest BCUT2D eigenvalue weighted by Gasteiger charge is -2.26. The Hall–Kier alpha value is -3.07. The van der Waals surface area contributed by atoms with E-state index in [1.807, 2.05) is 31.2 Å². The Bertz CT molecular complexity index is 1130. The van der Waals surface area contributed by atoms with Gasteiger partial charge in [-0.3, -0.25) is 14.5 Å². The second-order valence-corrected chi connectivity index (χ2v) is 9.32. The summed E-state index contributed by atoms with van der Waals surface area (Å²) < 4.78 is 19.2. The fourth-order valence-corrected chi connectivity index (χ4v) is 4.58. The zero-order chi connectivity index (χ0) is 23.9. The molecule has 1 fully saturated rings. The first-order chi connectivity index (χ1) is 16.5. The Morgan fingerprint density at radius 2 is 1.82 bits per heavy atom. The van der Waals surface area contributed by atoms with Crippen molar-refractivity contribution in [2.45, 2.75) is 25.9 Å². The van der Waals surface area contributed by atoms with E-state index in [0.29, 0.717) is 28.1 Å². The van der Waals surface area contributed by atoms with Crippen LogP contribution in [0.15, 0.2) is 60.0 Å². The first-order valence-corrected chi connectivity index (χ1v) is 12.2. The zero-order valence-corrected chi connectivity index (χ0v) is 19.9. The van der Waals surface area contributed by atoms with Gasteiger partial charge in [-0.15, -0.1) is 11.3 Å². The summed E-state index contributed by atoms with van der Waals surface area (Å²) in [6, 6.07) is 15.5. The fourth-order valence-electron chi connectivity index (χ4n) is 3.84. The zero-order valence-electron chi connectivity index (χ0n) is 19.1. The van der Waals surface area contributed by atoms with Crippen LogP contribution in [-0.2, 0) is 17.7 Å². The second-order valence-electron chi connectivity index (χ2n) is 8.41. The van der Waals surface area contributed by atoms with Gasteiger partial charge in [-0.25, -0.2) is 4.39 Å². The van der Waals surface area contributed by atoms with Gasteiger partial charge in [-0.2, -0.15) is 0 Å². The molecule has 0 bridgehead atoms. The van der Waals surface area contributed by atoms with Crippen molar-refractivity contribution in [3.8, 4) is 0 Å². The number of rotatable bonds is 8. The van der Waals surface area contributed by atoms with Crippen LogP contribution in [0.5, 0.6) is 0 Å². The van der Waals surface area contributed by atoms with E-state index < -0.39 is 0 Å². The molecule has 0 saturated carbocycles. The molecule has 6 nitrogen and oxygen atoms in total. The summed E-state index contributed by atoms with van der Waals surface area (Å²) in [6.07, 6.45) is 0.398. The molecule has 1 atom stereocenters. The van der Waals surface area contributed by atoms with Gasteiger partial charge in [0.1, 0.15) is 5.82 Å². The molecule has 0 radical (unpaired) electrons. The van der Waals surface area contributed by atoms with E-state index in [1.54, 1.807) is 29.6 Å². The number of amides is 2. The summed E-state index contributed by atoms with van der Waals surface area (Å²) in [5.74, 6) is -0.753. The number of halogens is 1. The van der Waals surface area contributed by atoms with Crippen molar-refractivity contribution in [2.24, 2.45) is 0 Å². The van der Waals surface area contributed by atoms with Gasteiger partial charge in [0.15, 0.2) is 0 Å². The average molecular weight is 482 g/mol. The lowest BCUT2D eigenvalue weighted by molar-refractivity contribution is 0.0342. The van der Waals surface area contributed by atoms with Gasteiger partial charge < -0.3 is 15.4 Å². The highest BCUT2D eigenvalue weighted by Gasteiger charge is 2.16. The van der Waals surface area contributed by atoms with E-state index in [9.17, 15) is 14.0 Å². The molecule has 1 unspecified atom stereocenters. The fraction of sp³-hybridized carbons (Fsp3) is 0.308. The van der Waals surface area contributed by atoms with Crippen LogP contribution in [0.25, 0.3) is 0 Å². The number of thiophene rings is 1. The number of nitrogens with zero attached hydrogens (tertiary/aromatic N) is 1. The summed E-state index contributed by atoms with van der Waals surface area (Å²) in [5, 5.41) is 7.48. The number of nitrogens with one attached hydrogen (secondary N) is 2. The third-order valence-electron chi connectivity index (χ3n) is 5.67. The number of morpholine rings is 1. The Balaban J connectivity index is 1.29. The van der Waals surface area contributed by atoms with Crippen molar-refractivity contribution in [1.29, 1.82) is 0 Å². The number of hydrogen-bond donors (Lipinski definition) is 2. The molecule has 3 aromatic rings. The minimum Gasteiger partial charge on any atom is -0.379 e. The molecule has 2 N–H and O–H groups in total. The number of ether oxygens (including phenoxy) is 1. The number of benzene rings is 2. The van der Waals surface area contributed by atoms with Crippen molar-refractivity contribution in [3.05, 3.63) is 87.4 Å². The van der Waals surface area contributed by atoms with Crippen LogP contribution in [0.4, 0.5) is 10.1 Å². The number of hydrogen-bond acceptors (Lipinski definition) is 5. The maximum Gasteiger partial charge on any atom is 0.261 e. The highest BCUT2D eigenvalue weighted by atomic mass is 32.1. The van der Waals surface area contributed by atoms with E-state index in [4.69, 9.17) is 4.74 Å². The molecule has 0 aliphatic carbocycles. The van der Waals surface area contributed by atoms with Crippen molar-refractivity contribution in [3.63, 3.8) is 0 Å². The summed E-state index contributed by atoms with van der Waals surface area (Å²) >= 11 is 1.25. The predicted octanol–water partition coefficient (Wildman–Crippen LogP) is 4.33. The monoisotopic (exact) mass is 481 g/mol. The Kier molecular flexibility index (Phi) is 8.05.